The third-order valence-electron chi connectivity index (χ3n) is 5.35. The molecule has 1 aliphatic heterocycles. The van der Waals surface area contributed by atoms with Crippen LogP contribution in [-0.4, -0.2) is 27.8 Å². The number of imide groups is 1. The van der Waals surface area contributed by atoms with Crippen LogP contribution in [0.5, 0.6) is 0 Å². The number of urea groups is 1. The van der Waals surface area contributed by atoms with Crippen molar-refractivity contribution in [3.8, 4) is 11.3 Å². The molecule has 1 aliphatic carbocycles. The molecule has 29 heavy (non-hydrogen) atoms. The van der Waals surface area contributed by atoms with E-state index in [9.17, 15) is 19.7 Å². The van der Waals surface area contributed by atoms with Crippen LogP contribution in [0.3, 0.4) is 0 Å². The molecule has 150 valence electrons. The fourth-order valence-electron chi connectivity index (χ4n) is 3.90. The first kappa shape index (κ1) is 18.9. The minimum Gasteiger partial charge on any atom is -0.457 e. The molecule has 0 bridgehead atoms. The largest absolute Gasteiger partial charge is 0.457 e. The molecule has 2 aliphatic rings. The van der Waals surface area contributed by atoms with Gasteiger partial charge in [-0.1, -0.05) is 37.8 Å². The summed E-state index contributed by atoms with van der Waals surface area (Å²) >= 11 is 0. The van der Waals surface area contributed by atoms with E-state index in [0.717, 1.165) is 38.5 Å². The van der Waals surface area contributed by atoms with Crippen molar-refractivity contribution < 1.29 is 18.9 Å². The van der Waals surface area contributed by atoms with Crippen molar-refractivity contribution in [1.29, 1.82) is 0 Å². The molecule has 8 nitrogen and oxygen atoms in total. The Labute approximate surface area is 167 Å². The second-order valence-corrected chi connectivity index (χ2v) is 7.32. The van der Waals surface area contributed by atoms with Gasteiger partial charge in [-0.25, -0.2) is 4.79 Å². The SMILES string of the molecule is O=C1N/C(=C\c2ccc(-c3cccc([N+](=O)[O-])c3)o2)C(=O)N1C1CCCCCC1. The van der Waals surface area contributed by atoms with Gasteiger partial charge in [0.25, 0.3) is 11.6 Å². The van der Waals surface area contributed by atoms with Crippen molar-refractivity contribution in [3.63, 3.8) is 0 Å². The standard InChI is InChI=1S/C21H21N3O5/c25-20-18(22-21(26)23(20)15-7-3-1-2-4-8-15)13-17-10-11-19(29-17)14-6-5-9-16(12-14)24(27)28/h5-6,9-13,15H,1-4,7-8H2,(H,22,26)/b18-13-. The Morgan fingerprint density at radius 3 is 2.59 bits per heavy atom. The van der Waals surface area contributed by atoms with Gasteiger partial charge in [-0.05, 0) is 25.0 Å². The second-order valence-electron chi connectivity index (χ2n) is 7.32. The molecule has 1 aromatic heterocycles. The van der Waals surface area contributed by atoms with Gasteiger partial charge in [-0.15, -0.1) is 0 Å². The van der Waals surface area contributed by atoms with Gasteiger partial charge in [0.05, 0.1) is 4.92 Å². The molecule has 0 unspecified atom stereocenters. The Bertz CT molecular complexity index is 986. The third kappa shape index (κ3) is 3.91. The zero-order valence-corrected chi connectivity index (χ0v) is 15.8. The molecule has 8 heteroatoms. The maximum absolute atomic E-state index is 12.8. The van der Waals surface area contributed by atoms with Crippen LogP contribution in [0, 0.1) is 10.1 Å². The number of non-ortho nitro benzene ring substituents is 1. The number of amides is 3. The van der Waals surface area contributed by atoms with Gasteiger partial charge in [0.1, 0.15) is 17.2 Å². The predicted octanol–water partition coefficient (Wildman–Crippen LogP) is 4.47. The molecule has 3 amide bonds. The Morgan fingerprint density at radius 2 is 1.86 bits per heavy atom. The van der Waals surface area contributed by atoms with Gasteiger partial charge in [-0.3, -0.25) is 19.8 Å². The highest BCUT2D eigenvalue weighted by Gasteiger charge is 2.38. The maximum atomic E-state index is 12.8. The smallest absolute Gasteiger partial charge is 0.329 e. The number of carbonyl (C=O) groups is 2. The van der Waals surface area contributed by atoms with E-state index in [1.54, 1.807) is 24.3 Å². The highest BCUT2D eigenvalue weighted by atomic mass is 16.6. The Morgan fingerprint density at radius 1 is 1.10 bits per heavy atom. The van der Waals surface area contributed by atoms with Crippen molar-refractivity contribution >= 4 is 23.7 Å². The summed E-state index contributed by atoms with van der Waals surface area (Å²) in [5.74, 6) is 0.492. The number of benzene rings is 1. The van der Waals surface area contributed by atoms with E-state index in [1.165, 1.54) is 23.1 Å². The third-order valence-corrected chi connectivity index (χ3v) is 5.35. The van der Waals surface area contributed by atoms with Crippen LogP contribution < -0.4 is 5.32 Å². The molecule has 1 saturated heterocycles. The van der Waals surface area contributed by atoms with E-state index in [4.69, 9.17) is 4.42 Å². The van der Waals surface area contributed by atoms with Gasteiger partial charge in [0.15, 0.2) is 0 Å². The molecule has 0 radical (unpaired) electrons. The maximum Gasteiger partial charge on any atom is 0.329 e. The fourth-order valence-corrected chi connectivity index (χ4v) is 3.90. The first-order chi connectivity index (χ1) is 14.0. The Kier molecular flexibility index (Phi) is 5.16. The summed E-state index contributed by atoms with van der Waals surface area (Å²) < 4.78 is 5.73. The van der Waals surface area contributed by atoms with Crippen LogP contribution in [0.1, 0.15) is 44.3 Å². The molecular formula is C21H21N3O5. The normalized spacial score (nSPS) is 19.4. The highest BCUT2D eigenvalue weighted by molar-refractivity contribution is 6.14. The fraction of sp³-hybridized carbons (Fsp3) is 0.333. The van der Waals surface area contributed by atoms with Crippen LogP contribution in [0.25, 0.3) is 17.4 Å². The monoisotopic (exact) mass is 395 g/mol. The van der Waals surface area contributed by atoms with E-state index in [0.29, 0.717) is 17.1 Å². The quantitative estimate of drug-likeness (QED) is 0.270. The molecule has 2 heterocycles. The molecule has 2 fully saturated rings. The lowest BCUT2D eigenvalue weighted by atomic mass is 10.1. The lowest BCUT2D eigenvalue weighted by molar-refractivity contribution is -0.384. The van der Waals surface area contributed by atoms with Crippen LogP contribution in [0.2, 0.25) is 0 Å². The summed E-state index contributed by atoms with van der Waals surface area (Å²) in [6.07, 6.45) is 7.48. The van der Waals surface area contributed by atoms with E-state index < -0.39 is 11.0 Å². The molecule has 1 aromatic carbocycles. The lowest BCUT2D eigenvalue weighted by Gasteiger charge is -2.23. The van der Waals surface area contributed by atoms with E-state index in [-0.39, 0.29) is 23.3 Å². The predicted molar refractivity (Wildman–Crippen MR) is 106 cm³/mol. The van der Waals surface area contributed by atoms with Gasteiger partial charge < -0.3 is 9.73 Å². The summed E-state index contributed by atoms with van der Waals surface area (Å²) in [4.78, 5) is 37.0. The van der Waals surface area contributed by atoms with Gasteiger partial charge in [0, 0.05) is 29.8 Å². The van der Waals surface area contributed by atoms with Crippen LogP contribution >= 0.6 is 0 Å². The molecular weight excluding hydrogens is 374 g/mol. The van der Waals surface area contributed by atoms with Crippen molar-refractivity contribution in [1.82, 2.24) is 10.2 Å². The number of rotatable bonds is 4. The van der Waals surface area contributed by atoms with Crippen LogP contribution in [0.4, 0.5) is 10.5 Å². The van der Waals surface area contributed by atoms with Crippen molar-refractivity contribution in [2.24, 2.45) is 0 Å². The second kappa shape index (κ2) is 7.90. The van der Waals surface area contributed by atoms with Gasteiger partial charge >= 0.3 is 6.03 Å². The summed E-state index contributed by atoms with van der Waals surface area (Å²) in [5, 5.41) is 13.6. The highest BCUT2D eigenvalue weighted by Crippen LogP contribution is 2.29. The number of furan rings is 1. The Hall–Kier alpha value is -3.42. The number of nitro groups is 1. The van der Waals surface area contributed by atoms with Crippen molar-refractivity contribution in [3.05, 3.63) is 58.0 Å². The lowest BCUT2D eigenvalue weighted by Crippen LogP contribution is -2.40. The molecule has 2 aromatic rings. The molecule has 0 spiro atoms. The van der Waals surface area contributed by atoms with Gasteiger partial charge in [-0.2, -0.15) is 0 Å². The minimum atomic E-state index is -0.468. The topological polar surface area (TPSA) is 106 Å². The average molecular weight is 395 g/mol. The van der Waals surface area contributed by atoms with Crippen molar-refractivity contribution in [2.45, 2.75) is 44.6 Å². The number of nitro benzene ring substituents is 1. The zero-order chi connectivity index (χ0) is 20.4. The summed E-state index contributed by atoms with van der Waals surface area (Å²) in [5.41, 5.74) is 0.709. The number of nitrogens with zero attached hydrogens (tertiary/aromatic N) is 2. The van der Waals surface area contributed by atoms with Crippen LogP contribution in [-0.2, 0) is 4.79 Å². The first-order valence-corrected chi connectivity index (χ1v) is 9.74. The van der Waals surface area contributed by atoms with E-state index >= 15 is 0 Å². The van der Waals surface area contributed by atoms with E-state index in [1.807, 2.05) is 0 Å². The molecule has 4 rings (SSSR count). The summed E-state index contributed by atoms with van der Waals surface area (Å²) in [6.45, 7) is 0. The zero-order valence-electron chi connectivity index (χ0n) is 15.8. The number of hydrogen-bond donors (Lipinski definition) is 1. The summed E-state index contributed by atoms with van der Waals surface area (Å²) in [6, 6.07) is 9.01. The number of carbonyl (C=O) groups excluding carboxylic acids is 2. The first-order valence-electron chi connectivity index (χ1n) is 9.74. The molecule has 1 N–H and O–H groups in total. The molecule has 0 atom stereocenters. The Balaban J connectivity index is 1.54. The number of hydrogen-bond acceptors (Lipinski definition) is 5. The minimum absolute atomic E-state index is 0.0314. The van der Waals surface area contributed by atoms with Gasteiger partial charge in [0.2, 0.25) is 0 Å². The van der Waals surface area contributed by atoms with E-state index in [2.05, 4.69) is 5.32 Å². The molecule has 1 saturated carbocycles. The summed E-state index contributed by atoms with van der Waals surface area (Å²) in [7, 11) is 0. The average Bonchev–Trinajstić information content (AvgIpc) is 3.16. The number of nitrogens with one attached hydrogen (secondary N) is 1. The van der Waals surface area contributed by atoms with Crippen LogP contribution in [0.15, 0.2) is 46.5 Å². The van der Waals surface area contributed by atoms with Crippen molar-refractivity contribution in [2.75, 3.05) is 0 Å².